The van der Waals surface area contributed by atoms with Crippen LogP contribution in [0.4, 0.5) is 5.69 Å². The van der Waals surface area contributed by atoms with Gasteiger partial charge in [-0.2, -0.15) is 0 Å². The van der Waals surface area contributed by atoms with Gasteiger partial charge in [-0.1, -0.05) is 19.4 Å². The van der Waals surface area contributed by atoms with Crippen molar-refractivity contribution in [2.75, 3.05) is 12.4 Å². The van der Waals surface area contributed by atoms with Gasteiger partial charge in [0.15, 0.2) is 0 Å². The van der Waals surface area contributed by atoms with Crippen LogP contribution in [0.5, 0.6) is 5.75 Å². The van der Waals surface area contributed by atoms with Crippen molar-refractivity contribution in [1.29, 1.82) is 0 Å². The fraction of sp³-hybridized carbons (Fsp3) is 0.263. The number of nitrogens with zero attached hydrogens (tertiary/aromatic N) is 2. The third-order valence-corrected chi connectivity index (χ3v) is 3.89. The first-order valence-electron chi connectivity index (χ1n) is 8.05. The van der Waals surface area contributed by atoms with Crippen LogP contribution in [0.1, 0.15) is 35.1 Å². The molecule has 0 unspecified atom stereocenters. The Morgan fingerprint density at radius 2 is 1.96 bits per heavy atom. The fourth-order valence-electron chi connectivity index (χ4n) is 2.72. The Morgan fingerprint density at radius 3 is 2.62 bits per heavy atom. The molecule has 5 heteroatoms. The molecule has 0 spiro atoms. The molecule has 0 saturated carbocycles. The van der Waals surface area contributed by atoms with Gasteiger partial charge < -0.3 is 10.1 Å². The molecule has 0 fully saturated rings. The molecule has 0 radical (unpaired) electrons. The SMILES string of the molecule is CCCc1nc2ccc(C)cn2c1C(=O)Nc1ccc(OC)cc1. The number of methoxy groups -OCH3 is 1. The molecule has 2 aromatic heterocycles. The monoisotopic (exact) mass is 323 g/mol. The van der Waals surface area contributed by atoms with E-state index in [9.17, 15) is 4.79 Å². The molecule has 124 valence electrons. The third kappa shape index (κ3) is 3.11. The lowest BCUT2D eigenvalue weighted by Crippen LogP contribution is -2.16. The number of hydrogen-bond acceptors (Lipinski definition) is 3. The van der Waals surface area contributed by atoms with E-state index in [0.717, 1.165) is 41.2 Å². The molecule has 1 amide bonds. The number of rotatable bonds is 5. The number of benzene rings is 1. The van der Waals surface area contributed by atoms with Crippen LogP contribution in [0.15, 0.2) is 42.6 Å². The van der Waals surface area contributed by atoms with E-state index >= 15 is 0 Å². The Bertz CT molecular complexity index is 866. The molecule has 5 nitrogen and oxygen atoms in total. The van der Waals surface area contributed by atoms with E-state index in [1.54, 1.807) is 7.11 Å². The van der Waals surface area contributed by atoms with Gasteiger partial charge >= 0.3 is 0 Å². The van der Waals surface area contributed by atoms with Gasteiger partial charge in [-0.15, -0.1) is 0 Å². The average molecular weight is 323 g/mol. The maximum Gasteiger partial charge on any atom is 0.274 e. The Morgan fingerprint density at radius 1 is 1.21 bits per heavy atom. The molecule has 0 saturated heterocycles. The van der Waals surface area contributed by atoms with Gasteiger partial charge in [0.1, 0.15) is 17.1 Å². The Labute approximate surface area is 141 Å². The van der Waals surface area contributed by atoms with E-state index in [1.807, 2.05) is 53.9 Å². The second kappa shape index (κ2) is 6.74. The van der Waals surface area contributed by atoms with Crippen molar-refractivity contribution in [3.63, 3.8) is 0 Å². The number of nitrogens with one attached hydrogen (secondary N) is 1. The van der Waals surface area contributed by atoms with Crippen LogP contribution in [0.2, 0.25) is 0 Å². The summed E-state index contributed by atoms with van der Waals surface area (Å²) in [4.78, 5) is 17.5. The second-order valence-corrected chi connectivity index (χ2v) is 5.77. The van der Waals surface area contributed by atoms with Crippen LogP contribution >= 0.6 is 0 Å². The van der Waals surface area contributed by atoms with Crippen LogP contribution in [0, 0.1) is 6.92 Å². The van der Waals surface area contributed by atoms with E-state index < -0.39 is 0 Å². The van der Waals surface area contributed by atoms with Gasteiger partial charge in [-0.05, 0) is 49.2 Å². The summed E-state index contributed by atoms with van der Waals surface area (Å²) in [6.45, 7) is 4.09. The van der Waals surface area contributed by atoms with Gasteiger partial charge in [0.25, 0.3) is 5.91 Å². The van der Waals surface area contributed by atoms with Crippen molar-refractivity contribution >= 4 is 17.2 Å². The number of ether oxygens (including phenoxy) is 1. The summed E-state index contributed by atoms with van der Waals surface area (Å²) in [6, 6.07) is 11.2. The predicted molar refractivity (Wildman–Crippen MR) is 94.9 cm³/mol. The number of carbonyl (C=O) groups is 1. The molecule has 3 aromatic rings. The molecule has 0 aliphatic rings. The topological polar surface area (TPSA) is 55.6 Å². The third-order valence-electron chi connectivity index (χ3n) is 3.89. The van der Waals surface area contributed by atoms with Crippen molar-refractivity contribution in [3.05, 3.63) is 59.5 Å². The molecule has 0 aliphatic heterocycles. The maximum atomic E-state index is 12.8. The number of hydrogen-bond donors (Lipinski definition) is 1. The van der Waals surface area contributed by atoms with Gasteiger partial charge in [0.05, 0.1) is 12.8 Å². The van der Waals surface area contributed by atoms with Crippen molar-refractivity contribution in [2.24, 2.45) is 0 Å². The van der Waals surface area contributed by atoms with Crippen LogP contribution in [0.3, 0.4) is 0 Å². The zero-order valence-electron chi connectivity index (χ0n) is 14.2. The van der Waals surface area contributed by atoms with Gasteiger partial charge in [0.2, 0.25) is 0 Å². The number of carbonyl (C=O) groups excluding carboxylic acids is 1. The number of fused-ring (bicyclic) bond motifs is 1. The van der Waals surface area contributed by atoms with Crippen LogP contribution < -0.4 is 10.1 Å². The highest BCUT2D eigenvalue weighted by Gasteiger charge is 2.19. The molecule has 1 N–H and O–H groups in total. The lowest BCUT2D eigenvalue weighted by molar-refractivity contribution is 0.102. The quantitative estimate of drug-likeness (QED) is 0.776. The average Bonchev–Trinajstić information content (AvgIpc) is 2.93. The first kappa shape index (κ1) is 16.1. The normalized spacial score (nSPS) is 10.8. The van der Waals surface area contributed by atoms with Gasteiger partial charge in [-0.3, -0.25) is 9.20 Å². The van der Waals surface area contributed by atoms with E-state index in [-0.39, 0.29) is 5.91 Å². The molecule has 3 rings (SSSR count). The summed E-state index contributed by atoms with van der Waals surface area (Å²) in [5.41, 5.74) is 4.04. The Balaban J connectivity index is 1.97. The summed E-state index contributed by atoms with van der Waals surface area (Å²) in [6.07, 6.45) is 3.65. The summed E-state index contributed by atoms with van der Waals surface area (Å²) < 4.78 is 7.02. The molecule has 2 heterocycles. The molecule has 0 bridgehead atoms. The zero-order valence-corrected chi connectivity index (χ0v) is 14.2. The molecular weight excluding hydrogens is 302 g/mol. The number of imidazole rings is 1. The second-order valence-electron chi connectivity index (χ2n) is 5.77. The Kier molecular flexibility index (Phi) is 4.51. The highest BCUT2D eigenvalue weighted by atomic mass is 16.5. The Hall–Kier alpha value is -2.82. The highest BCUT2D eigenvalue weighted by molar-refractivity contribution is 6.04. The maximum absolute atomic E-state index is 12.8. The minimum Gasteiger partial charge on any atom is -0.497 e. The number of aromatic nitrogens is 2. The number of amides is 1. The standard InChI is InChI=1S/C19H21N3O2/c1-4-5-16-18(22-12-13(2)6-11-17(22)21-16)19(23)20-14-7-9-15(24-3)10-8-14/h6-12H,4-5H2,1-3H3,(H,20,23). The smallest absolute Gasteiger partial charge is 0.274 e. The molecule has 24 heavy (non-hydrogen) atoms. The lowest BCUT2D eigenvalue weighted by atomic mass is 10.2. The molecule has 0 atom stereocenters. The minimum atomic E-state index is -0.151. The van der Waals surface area contributed by atoms with E-state index in [0.29, 0.717) is 5.69 Å². The first-order chi connectivity index (χ1) is 11.6. The van der Waals surface area contributed by atoms with E-state index in [2.05, 4.69) is 17.2 Å². The van der Waals surface area contributed by atoms with Gasteiger partial charge in [-0.25, -0.2) is 4.98 Å². The molecule has 0 aliphatic carbocycles. The highest BCUT2D eigenvalue weighted by Crippen LogP contribution is 2.19. The summed E-state index contributed by atoms with van der Waals surface area (Å²) >= 11 is 0. The lowest BCUT2D eigenvalue weighted by Gasteiger charge is -2.08. The fourth-order valence-corrected chi connectivity index (χ4v) is 2.72. The van der Waals surface area contributed by atoms with E-state index in [1.165, 1.54) is 0 Å². The van der Waals surface area contributed by atoms with Crippen LogP contribution in [-0.4, -0.2) is 22.4 Å². The van der Waals surface area contributed by atoms with Crippen molar-refractivity contribution < 1.29 is 9.53 Å². The van der Waals surface area contributed by atoms with Crippen molar-refractivity contribution in [2.45, 2.75) is 26.7 Å². The number of anilines is 1. The predicted octanol–water partition coefficient (Wildman–Crippen LogP) is 3.86. The van der Waals surface area contributed by atoms with Crippen molar-refractivity contribution in [3.8, 4) is 5.75 Å². The summed E-state index contributed by atoms with van der Waals surface area (Å²) in [7, 11) is 1.62. The molecular formula is C19H21N3O2. The van der Waals surface area contributed by atoms with Crippen LogP contribution in [0.25, 0.3) is 5.65 Å². The number of aryl methyl sites for hydroxylation is 2. The first-order valence-corrected chi connectivity index (χ1v) is 8.05. The van der Waals surface area contributed by atoms with Crippen molar-refractivity contribution in [1.82, 2.24) is 9.38 Å². The van der Waals surface area contributed by atoms with E-state index in [4.69, 9.17) is 4.74 Å². The zero-order chi connectivity index (χ0) is 17.1. The summed E-state index contributed by atoms with van der Waals surface area (Å²) in [5, 5.41) is 2.95. The molecule has 1 aromatic carbocycles. The minimum absolute atomic E-state index is 0.151. The largest absolute Gasteiger partial charge is 0.497 e. The van der Waals surface area contributed by atoms with Crippen LogP contribution in [-0.2, 0) is 6.42 Å². The number of pyridine rings is 1. The van der Waals surface area contributed by atoms with Gasteiger partial charge in [0, 0.05) is 11.9 Å². The summed E-state index contributed by atoms with van der Waals surface area (Å²) in [5.74, 6) is 0.604.